The molecule has 0 bridgehead atoms. The van der Waals surface area contributed by atoms with Gasteiger partial charge in [0.1, 0.15) is 0 Å². The van der Waals surface area contributed by atoms with Crippen LogP contribution < -0.4 is 0 Å². The van der Waals surface area contributed by atoms with Gasteiger partial charge in [-0.05, 0) is 27.8 Å². The minimum atomic E-state index is 0.496. The van der Waals surface area contributed by atoms with Gasteiger partial charge in [-0.1, -0.05) is 73.3 Å². The van der Waals surface area contributed by atoms with Crippen molar-refractivity contribution in [3.05, 3.63) is 78.9 Å². The number of hydrogen-bond donors (Lipinski definition) is 0. The highest BCUT2D eigenvalue weighted by molar-refractivity contribution is 5.93. The molecule has 2 aliphatic rings. The van der Waals surface area contributed by atoms with Gasteiger partial charge >= 0.3 is 0 Å². The van der Waals surface area contributed by atoms with Crippen LogP contribution in [0, 0.1) is 11.3 Å². The first-order chi connectivity index (χ1) is 9.81. The Morgan fingerprint density at radius 2 is 1.45 bits per heavy atom. The van der Waals surface area contributed by atoms with Gasteiger partial charge in [0, 0.05) is 0 Å². The Labute approximate surface area is 118 Å². The van der Waals surface area contributed by atoms with Gasteiger partial charge in [0.15, 0.2) is 0 Å². The second-order valence-corrected chi connectivity index (χ2v) is 4.66. The van der Waals surface area contributed by atoms with Gasteiger partial charge in [-0.25, -0.2) is 0 Å². The maximum Gasteiger partial charge on any atom is 0.0991 e. The van der Waals surface area contributed by atoms with Gasteiger partial charge in [0.2, 0.25) is 0 Å². The van der Waals surface area contributed by atoms with E-state index in [1.165, 1.54) is 11.1 Å². The molecular formula is C19H13N. The van der Waals surface area contributed by atoms with Gasteiger partial charge < -0.3 is 0 Å². The Morgan fingerprint density at radius 3 is 2.30 bits per heavy atom. The molecule has 0 fully saturated rings. The third kappa shape index (κ3) is 1.98. The van der Waals surface area contributed by atoms with Gasteiger partial charge in [0.05, 0.1) is 11.6 Å². The molecule has 0 N–H and O–H groups in total. The monoisotopic (exact) mass is 255 g/mol. The summed E-state index contributed by atoms with van der Waals surface area (Å²) in [6, 6.07) is 24.6. The van der Waals surface area contributed by atoms with Crippen LogP contribution >= 0.6 is 0 Å². The highest BCUT2D eigenvalue weighted by atomic mass is 14.3. The molecule has 0 atom stereocenters. The van der Waals surface area contributed by atoms with E-state index in [4.69, 9.17) is 5.26 Å². The van der Waals surface area contributed by atoms with Crippen LogP contribution in [0.3, 0.4) is 0 Å². The van der Waals surface area contributed by atoms with E-state index in [2.05, 4.69) is 36.9 Å². The molecule has 0 unspecified atom stereocenters. The molecular weight excluding hydrogens is 242 g/mol. The van der Waals surface area contributed by atoms with Crippen molar-refractivity contribution in [2.24, 2.45) is 0 Å². The molecule has 0 aromatic heterocycles. The predicted octanol–water partition coefficient (Wildman–Crippen LogP) is 5.00. The lowest BCUT2D eigenvalue weighted by Crippen LogP contribution is -1.86. The van der Waals surface area contributed by atoms with E-state index in [0.29, 0.717) is 5.57 Å². The number of nitriles is 1. The molecule has 0 saturated carbocycles. The summed E-state index contributed by atoms with van der Waals surface area (Å²) in [4.78, 5) is 0. The quantitative estimate of drug-likeness (QED) is 0.591. The van der Waals surface area contributed by atoms with Crippen LogP contribution in [0.4, 0.5) is 0 Å². The second kappa shape index (κ2) is 5.03. The van der Waals surface area contributed by atoms with Crippen molar-refractivity contribution in [2.75, 3.05) is 0 Å². The summed E-state index contributed by atoms with van der Waals surface area (Å²) < 4.78 is 0. The fourth-order valence-corrected chi connectivity index (χ4v) is 2.49. The van der Waals surface area contributed by atoms with Gasteiger partial charge in [-0.15, -0.1) is 0 Å². The number of rotatable bonds is 2. The molecule has 1 aromatic carbocycles. The lowest BCUT2D eigenvalue weighted by atomic mass is 9.94. The Kier molecular flexibility index (Phi) is 3.07. The summed E-state index contributed by atoms with van der Waals surface area (Å²) >= 11 is 0. The van der Waals surface area contributed by atoms with E-state index < -0.39 is 0 Å². The molecule has 0 amide bonds. The van der Waals surface area contributed by atoms with Crippen LogP contribution in [0.15, 0.2) is 73.3 Å². The van der Waals surface area contributed by atoms with Gasteiger partial charge in [-0.2, -0.15) is 5.26 Å². The molecule has 1 nitrogen and oxygen atoms in total. The van der Waals surface area contributed by atoms with Gasteiger partial charge in [-0.3, -0.25) is 0 Å². The first kappa shape index (κ1) is 12.2. The molecule has 0 aliphatic heterocycles. The summed E-state index contributed by atoms with van der Waals surface area (Å²) in [7, 11) is 0. The van der Waals surface area contributed by atoms with E-state index in [-0.39, 0.29) is 0 Å². The summed E-state index contributed by atoms with van der Waals surface area (Å²) in [5, 5.41) is 9.11. The lowest BCUT2D eigenvalue weighted by molar-refractivity contribution is 1.52. The van der Waals surface area contributed by atoms with Crippen LogP contribution in [-0.4, -0.2) is 0 Å². The van der Waals surface area contributed by atoms with Crippen molar-refractivity contribution in [1.82, 2.24) is 0 Å². The van der Waals surface area contributed by atoms with E-state index >= 15 is 0 Å². The average Bonchev–Trinajstić information content (AvgIpc) is 2.75. The summed E-state index contributed by atoms with van der Waals surface area (Å²) in [6.07, 6.45) is 0. The standard InChI is InChI=1S/C19H13N/c1-14(13-20)16-8-5-6-10-18(16)19-12-11-15-7-3-2-4-9-17(15)19/h2-12H,1H2. The molecule has 1 aromatic rings. The summed E-state index contributed by atoms with van der Waals surface area (Å²) in [5.41, 5.74) is 5.98. The van der Waals surface area contributed by atoms with Crippen LogP contribution in [-0.2, 0) is 0 Å². The lowest BCUT2D eigenvalue weighted by Gasteiger charge is -2.08. The Balaban J connectivity index is 2.25. The van der Waals surface area contributed by atoms with E-state index in [0.717, 1.165) is 16.7 Å². The highest BCUT2D eigenvalue weighted by Crippen LogP contribution is 2.37. The molecule has 0 radical (unpaired) electrons. The zero-order chi connectivity index (χ0) is 13.9. The van der Waals surface area contributed by atoms with Gasteiger partial charge in [0.25, 0.3) is 0 Å². The SMILES string of the molecule is C=C(C#N)c1ccccc1-c1ccc2cccccc1-2. The van der Waals surface area contributed by atoms with E-state index in [1.54, 1.807) is 0 Å². The molecule has 20 heavy (non-hydrogen) atoms. The Bertz CT molecular complexity index is 793. The number of benzene rings is 1. The largest absolute Gasteiger partial charge is 0.192 e. The Morgan fingerprint density at radius 1 is 0.750 bits per heavy atom. The average molecular weight is 255 g/mol. The van der Waals surface area contributed by atoms with Crippen molar-refractivity contribution in [2.45, 2.75) is 0 Å². The topological polar surface area (TPSA) is 23.8 Å². The number of allylic oxidation sites excluding steroid dienone is 1. The first-order valence-corrected chi connectivity index (χ1v) is 6.48. The first-order valence-electron chi connectivity index (χ1n) is 6.48. The van der Waals surface area contributed by atoms with Crippen LogP contribution in [0.5, 0.6) is 0 Å². The molecule has 0 saturated heterocycles. The predicted molar refractivity (Wildman–Crippen MR) is 83.1 cm³/mol. The maximum absolute atomic E-state index is 9.11. The summed E-state index contributed by atoms with van der Waals surface area (Å²) in [5.74, 6) is 0. The molecule has 1 heteroatoms. The van der Waals surface area contributed by atoms with E-state index in [9.17, 15) is 0 Å². The highest BCUT2D eigenvalue weighted by Gasteiger charge is 2.13. The summed E-state index contributed by atoms with van der Waals surface area (Å²) in [6.45, 7) is 3.85. The zero-order valence-electron chi connectivity index (χ0n) is 11.0. The third-order valence-corrected chi connectivity index (χ3v) is 3.47. The molecule has 2 aliphatic carbocycles. The van der Waals surface area contributed by atoms with Crippen LogP contribution in [0.25, 0.3) is 27.8 Å². The number of nitrogens with zero attached hydrogens (tertiary/aromatic N) is 1. The fraction of sp³-hybridized carbons (Fsp3) is 0. The van der Waals surface area contributed by atoms with Crippen molar-refractivity contribution >= 4 is 5.57 Å². The minimum absolute atomic E-state index is 0.496. The van der Waals surface area contributed by atoms with Crippen molar-refractivity contribution in [3.63, 3.8) is 0 Å². The van der Waals surface area contributed by atoms with Crippen molar-refractivity contribution < 1.29 is 0 Å². The number of fused-ring (bicyclic) bond motifs is 1. The van der Waals surface area contributed by atoms with Crippen LogP contribution in [0.2, 0.25) is 0 Å². The minimum Gasteiger partial charge on any atom is -0.192 e. The molecule has 94 valence electrons. The molecule has 3 rings (SSSR count). The van der Waals surface area contributed by atoms with Crippen molar-refractivity contribution in [3.8, 4) is 28.3 Å². The second-order valence-electron chi connectivity index (χ2n) is 4.66. The third-order valence-electron chi connectivity index (χ3n) is 3.47. The Hall–Kier alpha value is -2.85. The normalized spacial score (nSPS) is 10.2. The smallest absolute Gasteiger partial charge is 0.0991 e. The van der Waals surface area contributed by atoms with E-state index in [1.807, 2.05) is 42.5 Å². The van der Waals surface area contributed by atoms with Crippen molar-refractivity contribution in [1.29, 1.82) is 5.26 Å². The number of hydrogen-bond acceptors (Lipinski definition) is 1. The fourth-order valence-electron chi connectivity index (χ4n) is 2.49. The molecule has 0 spiro atoms. The molecule has 0 heterocycles. The van der Waals surface area contributed by atoms with Crippen LogP contribution in [0.1, 0.15) is 5.56 Å². The maximum atomic E-state index is 9.11. The zero-order valence-corrected chi connectivity index (χ0v) is 11.0.